The summed E-state index contributed by atoms with van der Waals surface area (Å²) >= 11 is 0. The molecule has 162 valence electrons. The highest BCUT2D eigenvalue weighted by Gasteiger charge is 2.42. The molecule has 5 heteroatoms. The third-order valence-corrected chi connectivity index (χ3v) is 7.70. The molecule has 2 aromatic heterocycles. The van der Waals surface area contributed by atoms with Gasteiger partial charge in [0.2, 0.25) is 0 Å². The molecular formula is C28H25N5. The molecule has 3 atom stereocenters. The molecule has 7 rings (SSSR count). The van der Waals surface area contributed by atoms with Gasteiger partial charge in [-0.25, -0.2) is 9.97 Å². The Kier molecular flexibility index (Phi) is 3.86. The van der Waals surface area contributed by atoms with Crippen LogP contribution in [0.2, 0.25) is 0 Å². The van der Waals surface area contributed by atoms with Crippen molar-refractivity contribution in [2.24, 2.45) is 0 Å². The van der Waals surface area contributed by atoms with Gasteiger partial charge in [0.1, 0.15) is 6.17 Å². The summed E-state index contributed by atoms with van der Waals surface area (Å²) in [4.78, 5) is 17.4. The van der Waals surface area contributed by atoms with Crippen molar-refractivity contribution < 1.29 is 0 Å². The normalized spacial score (nSPS) is 22.5. The number of H-pyrrole nitrogens is 1. The number of allylic oxidation sites excluding steroid dienone is 2. The second-order valence-electron chi connectivity index (χ2n) is 9.21. The second kappa shape index (κ2) is 6.82. The molecular weight excluding hydrogens is 406 g/mol. The van der Waals surface area contributed by atoms with Crippen molar-refractivity contribution in [2.75, 3.05) is 16.8 Å². The van der Waals surface area contributed by atoms with Crippen molar-refractivity contribution in [1.29, 1.82) is 0 Å². The molecule has 33 heavy (non-hydrogen) atoms. The van der Waals surface area contributed by atoms with E-state index in [4.69, 9.17) is 4.98 Å². The Labute approximate surface area is 193 Å². The number of aromatic nitrogens is 3. The largest absolute Gasteiger partial charge is 0.361 e. The lowest BCUT2D eigenvalue weighted by Gasteiger charge is -2.33. The number of aromatic amines is 1. The number of hydrogen-bond donors (Lipinski definition) is 1. The van der Waals surface area contributed by atoms with E-state index in [2.05, 4.69) is 101 Å². The molecule has 0 radical (unpaired) electrons. The standard InChI is InChI=1S/C28H25N5/c1-17-32(2)27-28(31-16-15-30-27)33(17)24-10-6-5-8-19(24)21-12-11-20-18-7-3-4-9-22(18)26-23(25(20)21)13-14-29-26/h3-10,12-17,20,25,29H,11H2,1-2H3. The molecule has 0 saturated carbocycles. The van der Waals surface area contributed by atoms with Gasteiger partial charge in [-0.2, -0.15) is 0 Å². The first-order valence-corrected chi connectivity index (χ1v) is 11.6. The zero-order chi connectivity index (χ0) is 22.1. The zero-order valence-electron chi connectivity index (χ0n) is 18.7. The number of nitrogens with one attached hydrogen (secondary N) is 1. The van der Waals surface area contributed by atoms with Gasteiger partial charge in [0, 0.05) is 48.4 Å². The minimum Gasteiger partial charge on any atom is -0.361 e. The number of nitrogens with zero attached hydrogens (tertiary/aromatic N) is 4. The Hall–Kier alpha value is -3.86. The molecule has 3 heterocycles. The molecule has 0 saturated heterocycles. The molecule has 0 spiro atoms. The number of benzene rings is 2. The Bertz CT molecular complexity index is 1420. The summed E-state index contributed by atoms with van der Waals surface area (Å²) in [6.07, 6.45) is 9.31. The van der Waals surface area contributed by atoms with Crippen LogP contribution in [0.4, 0.5) is 17.3 Å². The lowest BCUT2D eigenvalue weighted by atomic mass is 9.72. The number of fused-ring (bicyclic) bond motifs is 7. The van der Waals surface area contributed by atoms with Crippen molar-refractivity contribution in [1.82, 2.24) is 15.0 Å². The lowest BCUT2D eigenvalue weighted by molar-refractivity contribution is 0.665. The molecule has 2 aliphatic carbocycles. The summed E-state index contributed by atoms with van der Waals surface area (Å²) < 4.78 is 0. The fourth-order valence-electron chi connectivity index (χ4n) is 6.14. The zero-order valence-corrected chi connectivity index (χ0v) is 18.7. The van der Waals surface area contributed by atoms with E-state index in [0.717, 1.165) is 18.1 Å². The Balaban J connectivity index is 1.38. The average Bonchev–Trinajstić information content (AvgIpc) is 3.57. The third kappa shape index (κ3) is 2.48. The summed E-state index contributed by atoms with van der Waals surface area (Å²) in [6, 6.07) is 19.9. The van der Waals surface area contributed by atoms with Gasteiger partial charge < -0.3 is 14.8 Å². The Morgan fingerprint density at radius 1 is 0.879 bits per heavy atom. The molecule has 3 unspecified atom stereocenters. The van der Waals surface area contributed by atoms with Gasteiger partial charge in [-0.1, -0.05) is 48.5 Å². The molecule has 0 amide bonds. The first kappa shape index (κ1) is 18.7. The summed E-state index contributed by atoms with van der Waals surface area (Å²) in [5.74, 6) is 2.67. The maximum absolute atomic E-state index is 4.72. The van der Waals surface area contributed by atoms with E-state index in [-0.39, 0.29) is 6.17 Å². The highest BCUT2D eigenvalue weighted by Crippen LogP contribution is 2.58. The third-order valence-electron chi connectivity index (χ3n) is 7.70. The van der Waals surface area contributed by atoms with Crippen LogP contribution in [-0.4, -0.2) is 28.2 Å². The molecule has 0 bridgehead atoms. The van der Waals surface area contributed by atoms with Crippen LogP contribution in [0.15, 0.2) is 79.3 Å². The van der Waals surface area contributed by atoms with Crippen LogP contribution in [0.25, 0.3) is 16.8 Å². The van der Waals surface area contributed by atoms with Gasteiger partial charge in [0.15, 0.2) is 11.6 Å². The van der Waals surface area contributed by atoms with Gasteiger partial charge in [0.05, 0.1) is 5.69 Å². The number of hydrogen-bond acceptors (Lipinski definition) is 4. The lowest BCUT2D eigenvalue weighted by Crippen LogP contribution is -2.36. The van der Waals surface area contributed by atoms with Gasteiger partial charge in [-0.3, -0.25) is 0 Å². The van der Waals surface area contributed by atoms with E-state index < -0.39 is 0 Å². The minimum atomic E-state index is 0.135. The van der Waals surface area contributed by atoms with Gasteiger partial charge in [-0.05, 0) is 48.1 Å². The quantitative estimate of drug-likeness (QED) is 0.418. The van der Waals surface area contributed by atoms with Gasteiger partial charge in [-0.15, -0.1) is 0 Å². The molecule has 3 aliphatic rings. The fourth-order valence-corrected chi connectivity index (χ4v) is 6.14. The predicted molar refractivity (Wildman–Crippen MR) is 133 cm³/mol. The molecule has 1 aliphatic heterocycles. The van der Waals surface area contributed by atoms with Crippen molar-refractivity contribution >= 4 is 22.9 Å². The molecule has 1 N–H and O–H groups in total. The molecule has 0 fully saturated rings. The highest BCUT2D eigenvalue weighted by atomic mass is 15.5. The number of para-hydroxylation sites is 1. The van der Waals surface area contributed by atoms with Crippen molar-refractivity contribution in [3.8, 4) is 11.3 Å². The first-order chi connectivity index (χ1) is 16.2. The molecule has 2 aromatic carbocycles. The van der Waals surface area contributed by atoms with Gasteiger partial charge >= 0.3 is 0 Å². The van der Waals surface area contributed by atoms with Crippen LogP contribution in [-0.2, 0) is 0 Å². The van der Waals surface area contributed by atoms with E-state index in [9.17, 15) is 0 Å². The monoisotopic (exact) mass is 431 g/mol. The fraction of sp³-hybridized carbons (Fsp3) is 0.214. The van der Waals surface area contributed by atoms with E-state index in [1.165, 1.54) is 39.2 Å². The van der Waals surface area contributed by atoms with Crippen molar-refractivity contribution in [3.63, 3.8) is 0 Å². The van der Waals surface area contributed by atoms with Crippen LogP contribution in [0.3, 0.4) is 0 Å². The molecule has 4 aromatic rings. The predicted octanol–water partition coefficient (Wildman–Crippen LogP) is 6.07. The summed E-state index contributed by atoms with van der Waals surface area (Å²) in [5.41, 5.74) is 9.37. The van der Waals surface area contributed by atoms with E-state index in [1.54, 1.807) is 12.4 Å². The van der Waals surface area contributed by atoms with Crippen LogP contribution >= 0.6 is 0 Å². The van der Waals surface area contributed by atoms with Crippen LogP contribution in [0.5, 0.6) is 0 Å². The first-order valence-electron chi connectivity index (χ1n) is 11.6. The summed E-state index contributed by atoms with van der Waals surface area (Å²) in [7, 11) is 2.09. The van der Waals surface area contributed by atoms with E-state index >= 15 is 0 Å². The van der Waals surface area contributed by atoms with Gasteiger partial charge in [0.25, 0.3) is 0 Å². The SMILES string of the molecule is CC1N(C)c2nccnc2N1c1ccccc1C1=CCC2c3ccccc3-c3[nH]ccc3C12. The number of anilines is 3. The topological polar surface area (TPSA) is 48.1 Å². The second-order valence-corrected chi connectivity index (χ2v) is 9.21. The minimum absolute atomic E-state index is 0.135. The summed E-state index contributed by atoms with van der Waals surface area (Å²) in [6.45, 7) is 2.22. The maximum atomic E-state index is 4.72. The Morgan fingerprint density at radius 2 is 1.64 bits per heavy atom. The van der Waals surface area contributed by atoms with Crippen LogP contribution in [0, 0.1) is 0 Å². The van der Waals surface area contributed by atoms with Crippen molar-refractivity contribution in [3.05, 3.63) is 96.0 Å². The van der Waals surface area contributed by atoms with Crippen molar-refractivity contribution in [2.45, 2.75) is 31.3 Å². The maximum Gasteiger partial charge on any atom is 0.178 e. The average molecular weight is 432 g/mol. The van der Waals surface area contributed by atoms with Crippen LogP contribution < -0.4 is 9.80 Å². The van der Waals surface area contributed by atoms with E-state index in [0.29, 0.717) is 11.8 Å². The van der Waals surface area contributed by atoms with Crippen LogP contribution in [0.1, 0.15) is 41.9 Å². The molecule has 5 nitrogen and oxygen atoms in total. The Morgan fingerprint density at radius 3 is 2.52 bits per heavy atom. The van der Waals surface area contributed by atoms with E-state index in [1.807, 2.05) is 0 Å². The summed E-state index contributed by atoms with van der Waals surface area (Å²) in [5, 5.41) is 0. The smallest absolute Gasteiger partial charge is 0.178 e. The highest BCUT2D eigenvalue weighted by molar-refractivity contribution is 5.90. The number of rotatable bonds is 2.